The molecular weight excluding hydrogens is 400 g/mol. The van der Waals surface area contributed by atoms with E-state index < -0.39 is 6.09 Å². The molecule has 0 aliphatic rings. The molecule has 7 nitrogen and oxygen atoms in total. The molecule has 0 saturated heterocycles. The molecule has 2 rings (SSSR count). The fourth-order valence-corrected chi connectivity index (χ4v) is 3.06. The summed E-state index contributed by atoms with van der Waals surface area (Å²) in [7, 11) is 1.74. The van der Waals surface area contributed by atoms with Crippen molar-refractivity contribution in [2.24, 2.45) is 7.05 Å². The van der Waals surface area contributed by atoms with Crippen LogP contribution >= 0.6 is 27.5 Å². The van der Waals surface area contributed by atoms with E-state index in [4.69, 9.17) is 16.7 Å². The first-order valence-electron chi connectivity index (χ1n) is 7.10. The van der Waals surface area contributed by atoms with E-state index in [1.165, 1.54) is 6.20 Å². The van der Waals surface area contributed by atoms with Gasteiger partial charge in [0.15, 0.2) is 0 Å². The van der Waals surface area contributed by atoms with E-state index >= 15 is 0 Å². The van der Waals surface area contributed by atoms with Crippen LogP contribution in [-0.2, 0) is 7.05 Å². The fraction of sp³-hybridized carbons (Fsp3) is 0.267. The van der Waals surface area contributed by atoms with E-state index in [1.54, 1.807) is 41.0 Å². The number of carbonyl (C=O) groups is 2. The Hall–Kier alpha value is -2.06. The molecule has 24 heavy (non-hydrogen) atoms. The molecule has 0 radical (unpaired) electrons. The number of aryl methyl sites for hydroxylation is 1. The third-order valence-electron chi connectivity index (χ3n) is 3.32. The average Bonchev–Trinajstić information content (AvgIpc) is 2.94. The number of hydrogen-bond acceptors (Lipinski definition) is 3. The number of rotatable bonds is 6. The maximum absolute atomic E-state index is 12.9. The first-order chi connectivity index (χ1) is 11.4. The van der Waals surface area contributed by atoms with Crippen molar-refractivity contribution in [3.05, 3.63) is 45.9 Å². The Morgan fingerprint density at radius 1 is 1.46 bits per heavy atom. The predicted octanol–water partition coefficient (Wildman–Crippen LogP) is 3.14. The lowest BCUT2D eigenvalue weighted by atomic mass is 10.2. The Bertz CT molecular complexity index is 750. The highest BCUT2D eigenvalue weighted by Gasteiger charge is 2.22. The summed E-state index contributed by atoms with van der Waals surface area (Å²) in [5.41, 5.74) is 1.09. The van der Waals surface area contributed by atoms with Gasteiger partial charge < -0.3 is 19.9 Å². The van der Waals surface area contributed by atoms with Gasteiger partial charge in [-0.05, 0) is 40.5 Å². The van der Waals surface area contributed by atoms with Crippen molar-refractivity contribution in [3.63, 3.8) is 0 Å². The van der Waals surface area contributed by atoms with Gasteiger partial charge in [0, 0.05) is 29.6 Å². The van der Waals surface area contributed by atoms with Crippen LogP contribution in [0.15, 0.2) is 35.2 Å². The highest BCUT2D eigenvalue weighted by atomic mass is 79.9. The zero-order valence-electron chi connectivity index (χ0n) is 12.9. The summed E-state index contributed by atoms with van der Waals surface area (Å²) in [6.45, 7) is 0.584. The zero-order valence-corrected chi connectivity index (χ0v) is 15.2. The molecule has 0 aliphatic carbocycles. The number of nitrogens with zero attached hydrogens (tertiary/aromatic N) is 3. The maximum Gasteiger partial charge on any atom is 0.404 e. The van der Waals surface area contributed by atoms with Crippen LogP contribution in [0.3, 0.4) is 0 Å². The minimum atomic E-state index is -1.09. The molecule has 1 aromatic heterocycles. The minimum absolute atomic E-state index is 0.228. The smallest absolute Gasteiger partial charge is 0.404 e. The zero-order chi connectivity index (χ0) is 17.7. The summed E-state index contributed by atoms with van der Waals surface area (Å²) in [6, 6.07) is 5.14. The van der Waals surface area contributed by atoms with Crippen LogP contribution in [0.5, 0.6) is 0 Å². The lowest BCUT2D eigenvalue weighted by Gasteiger charge is -2.24. The van der Waals surface area contributed by atoms with Crippen LogP contribution in [0.25, 0.3) is 0 Å². The number of amides is 2. The van der Waals surface area contributed by atoms with Gasteiger partial charge >= 0.3 is 6.09 Å². The second-order valence-electron chi connectivity index (χ2n) is 5.03. The van der Waals surface area contributed by atoms with Gasteiger partial charge in [-0.25, -0.2) is 9.78 Å². The quantitative estimate of drug-likeness (QED) is 0.710. The highest BCUT2D eigenvalue weighted by molar-refractivity contribution is 9.10. The lowest BCUT2D eigenvalue weighted by Crippen LogP contribution is -2.35. The third-order valence-corrected chi connectivity index (χ3v) is 4.19. The number of aromatic nitrogens is 2. The summed E-state index contributed by atoms with van der Waals surface area (Å²) in [5, 5.41) is 11.5. The Morgan fingerprint density at radius 3 is 2.79 bits per heavy atom. The topological polar surface area (TPSA) is 87.5 Å². The number of imidazole rings is 1. The molecule has 1 aromatic carbocycles. The van der Waals surface area contributed by atoms with Crippen LogP contribution in [-0.4, -0.2) is 39.7 Å². The van der Waals surface area contributed by atoms with Gasteiger partial charge in [0.05, 0.1) is 18.2 Å². The van der Waals surface area contributed by atoms with Gasteiger partial charge in [-0.2, -0.15) is 0 Å². The average molecular weight is 416 g/mol. The van der Waals surface area contributed by atoms with Crippen molar-refractivity contribution in [1.82, 2.24) is 14.9 Å². The molecule has 0 spiro atoms. The van der Waals surface area contributed by atoms with Crippen LogP contribution in [0, 0.1) is 0 Å². The molecule has 0 atom stereocenters. The van der Waals surface area contributed by atoms with E-state index in [-0.39, 0.29) is 12.5 Å². The van der Waals surface area contributed by atoms with Gasteiger partial charge in [-0.15, -0.1) is 0 Å². The van der Waals surface area contributed by atoms with Gasteiger partial charge in [0.1, 0.15) is 5.69 Å². The molecule has 2 aromatic rings. The predicted molar refractivity (Wildman–Crippen MR) is 94.7 cm³/mol. The number of hydrogen-bond donors (Lipinski definition) is 2. The van der Waals surface area contributed by atoms with E-state index in [2.05, 4.69) is 26.2 Å². The second kappa shape index (κ2) is 8.16. The lowest BCUT2D eigenvalue weighted by molar-refractivity contribution is 0.0979. The first-order valence-corrected chi connectivity index (χ1v) is 8.27. The third kappa shape index (κ3) is 4.48. The molecule has 2 amide bonds. The van der Waals surface area contributed by atoms with Crippen molar-refractivity contribution in [1.29, 1.82) is 0 Å². The first kappa shape index (κ1) is 18.3. The molecule has 0 saturated carbocycles. The summed E-state index contributed by atoms with van der Waals surface area (Å²) >= 11 is 9.38. The maximum atomic E-state index is 12.9. The van der Waals surface area contributed by atoms with Gasteiger partial charge in [0.2, 0.25) is 0 Å². The highest BCUT2D eigenvalue weighted by Crippen LogP contribution is 2.30. The van der Waals surface area contributed by atoms with Crippen LogP contribution in [0.1, 0.15) is 16.9 Å². The molecule has 128 valence electrons. The van der Waals surface area contributed by atoms with Crippen LogP contribution in [0.4, 0.5) is 10.5 Å². The number of carboxylic acid groups (broad SMARTS) is 1. The minimum Gasteiger partial charge on any atom is -0.465 e. The summed E-state index contributed by atoms with van der Waals surface area (Å²) < 4.78 is 2.31. The molecule has 0 aliphatic heterocycles. The second-order valence-corrected chi connectivity index (χ2v) is 6.32. The Morgan fingerprint density at radius 2 is 2.21 bits per heavy atom. The van der Waals surface area contributed by atoms with Gasteiger partial charge in [-0.3, -0.25) is 4.79 Å². The molecular formula is C15H16BrClN4O3. The van der Waals surface area contributed by atoms with Crippen molar-refractivity contribution in [3.8, 4) is 0 Å². The standard InChI is InChI=1S/C15H16BrClN4O3/c1-20-9-18-8-13(20)14(22)21(6-2-5-19-15(23)24)12-4-3-10(17)7-11(12)16/h3-4,7-9,19H,2,5-6H2,1H3,(H,23,24). The van der Waals surface area contributed by atoms with Crippen molar-refractivity contribution >= 4 is 45.2 Å². The van der Waals surface area contributed by atoms with Crippen LogP contribution in [0.2, 0.25) is 5.02 Å². The van der Waals surface area contributed by atoms with E-state index in [1.807, 2.05) is 0 Å². The Kier molecular flexibility index (Phi) is 6.22. The number of nitrogens with one attached hydrogen (secondary N) is 1. The summed E-state index contributed by atoms with van der Waals surface area (Å²) in [6.07, 6.45) is 2.42. The Balaban J connectivity index is 2.25. The number of carbonyl (C=O) groups excluding carboxylic acids is 1. The molecule has 9 heteroatoms. The van der Waals surface area contributed by atoms with Gasteiger partial charge in [-0.1, -0.05) is 11.6 Å². The molecule has 0 unspecified atom stereocenters. The molecule has 0 bridgehead atoms. The SMILES string of the molecule is Cn1cncc1C(=O)N(CCCNC(=O)O)c1ccc(Cl)cc1Br. The van der Waals surface area contributed by atoms with Gasteiger partial charge in [0.25, 0.3) is 5.91 Å². The number of halogens is 2. The largest absolute Gasteiger partial charge is 0.465 e. The molecule has 1 heterocycles. The van der Waals surface area contributed by atoms with E-state index in [0.717, 1.165) is 0 Å². The molecule has 2 N–H and O–H groups in total. The monoisotopic (exact) mass is 414 g/mol. The normalized spacial score (nSPS) is 10.5. The van der Waals surface area contributed by atoms with Crippen molar-refractivity contribution in [2.75, 3.05) is 18.0 Å². The van der Waals surface area contributed by atoms with Crippen molar-refractivity contribution in [2.45, 2.75) is 6.42 Å². The number of benzene rings is 1. The summed E-state index contributed by atoms with van der Waals surface area (Å²) in [5.74, 6) is -0.228. The fourth-order valence-electron chi connectivity index (χ4n) is 2.17. The van der Waals surface area contributed by atoms with E-state index in [0.29, 0.717) is 33.8 Å². The molecule has 0 fully saturated rings. The van der Waals surface area contributed by atoms with E-state index in [9.17, 15) is 9.59 Å². The van der Waals surface area contributed by atoms with Crippen LogP contribution < -0.4 is 10.2 Å². The summed E-state index contributed by atoms with van der Waals surface area (Å²) in [4.78, 5) is 29.0. The van der Waals surface area contributed by atoms with Crippen molar-refractivity contribution < 1.29 is 14.7 Å². The number of anilines is 1. The Labute approximate surface area is 152 Å².